The van der Waals surface area contributed by atoms with Crippen LogP contribution in [0.3, 0.4) is 0 Å². The van der Waals surface area contributed by atoms with Crippen molar-refractivity contribution < 1.29 is 0 Å². The van der Waals surface area contributed by atoms with Crippen LogP contribution < -0.4 is 3.93 Å². The summed E-state index contributed by atoms with van der Waals surface area (Å²) < 4.78 is 3.03. The molecule has 15 heavy (non-hydrogen) atoms. The molecule has 0 spiro atoms. The Labute approximate surface area is 106 Å². The third-order valence-electron chi connectivity index (χ3n) is 2.05. The molecule has 0 N–H and O–H groups in total. The van der Waals surface area contributed by atoms with Gasteiger partial charge in [0.05, 0.1) is 27.5 Å². The SMILES string of the molecule is Brc1ccccc1N(Br)c1ccccc1. The van der Waals surface area contributed by atoms with Gasteiger partial charge in [-0.3, -0.25) is 3.93 Å². The van der Waals surface area contributed by atoms with Gasteiger partial charge >= 0.3 is 0 Å². The minimum atomic E-state index is 1.06. The molecule has 2 rings (SSSR count). The second-order valence-electron chi connectivity index (χ2n) is 3.07. The number of anilines is 2. The summed E-state index contributed by atoms with van der Waals surface area (Å²) in [5.74, 6) is 0. The first-order valence-electron chi connectivity index (χ1n) is 4.54. The minimum absolute atomic E-state index is 1.06. The molecule has 0 radical (unpaired) electrons. The summed E-state index contributed by atoms with van der Waals surface area (Å²) in [6.07, 6.45) is 0. The number of benzene rings is 2. The number of halogens is 2. The fourth-order valence-electron chi connectivity index (χ4n) is 1.31. The molecule has 2 aromatic rings. The van der Waals surface area contributed by atoms with E-state index in [-0.39, 0.29) is 0 Å². The summed E-state index contributed by atoms with van der Waals surface area (Å²) >= 11 is 7.07. The monoisotopic (exact) mass is 325 g/mol. The summed E-state index contributed by atoms with van der Waals surface area (Å²) in [6, 6.07) is 18.2. The van der Waals surface area contributed by atoms with E-state index < -0.39 is 0 Å². The quantitative estimate of drug-likeness (QED) is 0.710. The zero-order valence-electron chi connectivity index (χ0n) is 7.90. The molecule has 2 aromatic carbocycles. The van der Waals surface area contributed by atoms with Crippen LogP contribution in [0.2, 0.25) is 0 Å². The van der Waals surface area contributed by atoms with E-state index in [0.29, 0.717) is 0 Å². The van der Waals surface area contributed by atoms with Crippen molar-refractivity contribution in [2.24, 2.45) is 0 Å². The second-order valence-corrected chi connectivity index (χ2v) is 4.63. The molecule has 3 heteroatoms. The first-order valence-corrected chi connectivity index (χ1v) is 6.05. The maximum Gasteiger partial charge on any atom is 0.0667 e. The van der Waals surface area contributed by atoms with Crippen LogP contribution in [-0.4, -0.2) is 0 Å². The van der Waals surface area contributed by atoms with Gasteiger partial charge in [-0.1, -0.05) is 30.3 Å². The average molecular weight is 327 g/mol. The highest BCUT2D eigenvalue weighted by Crippen LogP contribution is 2.34. The highest BCUT2D eigenvalue weighted by atomic mass is 79.9. The Morgan fingerprint density at radius 3 is 2.07 bits per heavy atom. The topological polar surface area (TPSA) is 3.24 Å². The molecule has 0 heterocycles. The van der Waals surface area contributed by atoms with E-state index in [0.717, 1.165) is 15.8 Å². The van der Waals surface area contributed by atoms with Crippen LogP contribution in [0.5, 0.6) is 0 Å². The van der Waals surface area contributed by atoms with Crippen LogP contribution >= 0.6 is 32.1 Å². The number of hydrogen-bond acceptors (Lipinski definition) is 1. The molecule has 0 aliphatic rings. The van der Waals surface area contributed by atoms with Crippen LogP contribution in [0.15, 0.2) is 59.1 Å². The fraction of sp³-hybridized carbons (Fsp3) is 0. The van der Waals surface area contributed by atoms with Gasteiger partial charge in [-0.25, -0.2) is 0 Å². The Bertz CT molecular complexity index is 442. The zero-order chi connectivity index (χ0) is 10.7. The van der Waals surface area contributed by atoms with Crippen molar-refractivity contribution in [2.75, 3.05) is 3.93 Å². The van der Waals surface area contributed by atoms with Crippen molar-refractivity contribution in [3.63, 3.8) is 0 Å². The van der Waals surface area contributed by atoms with E-state index in [1.165, 1.54) is 0 Å². The summed E-state index contributed by atoms with van der Waals surface area (Å²) in [4.78, 5) is 0. The van der Waals surface area contributed by atoms with Gasteiger partial charge in [0.2, 0.25) is 0 Å². The second kappa shape index (κ2) is 4.81. The van der Waals surface area contributed by atoms with Crippen LogP contribution in [0, 0.1) is 0 Å². The molecule has 0 bridgehead atoms. The Hall–Kier alpha value is -0.800. The molecule has 0 saturated heterocycles. The standard InChI is InChI=1S/C12H9Br2N/c13-11-8-4-5-9-12(11)15(14)10-6-2-1-3-7-10/h1-9H. The smallest absolute Gasteiger partial charge is 0.0667 e. The van der Waals surface area contributed by atoms with Crippen LogP contribution in [-0.2, 0) is 0 Å². The molecular weight excluding hydrogens is 318 g/mol. The molecule has 0 aliphatic carbocycles. The van der Waals surface area contributed by atoms with Gasteiger partial charge in [-0.05, 0) is 40.2 Å². The molecule has 1 nitrogen and oxygen atoms in total. The fourth-order valence-corrected chi connectivity index (χ4v) is 2.55. The van der Waals surface area contributed by atoms with E-state index >= 15 is 0 Å². The molecule has 0 atom stereocenters. The first kappa shape index (κ1) is 10.7. The maximum absolute atomic E-state index is 3.55. The minimum Gasteiger partial charge on any atom is -0.276 e. The van der Waals surface area contributed by atoms with Gasteiger partial charge in [0.25, 0.3) is 0 Å². The molecule has 0 aromatic heterocycles. The molecule has 0 amide bonds. The molecule has 0 aliphatic heterocycles. The number of hydrogen-bond donors (Lipinski definition) is 0. The summed E-state index contributed by atoms with van der Waals surface area (Å²) in [7, 11) is 0. The zero-order valence-corrected chi connectivity index (χ0v) is 11.1. The van der Waals surface area contributed by atoms with Crippen LogP contribution in [0.4, 0.5) is 11.4 Å². The predicted octanol–water partition coefficient (Wildman–Crippen LogP) is 4.90. The van der Waals surface area contributed by atoms with Gasteiger partial charge in [-0.15, -0.1) is 0 Å². The van der Waals surface area contributed by atoms with Crippen molar-refractivity contribution in [1.29, 1.82) is 0 Å². The van der Waals surface area contributed by atoms with Crippen molar-refractivity contribution >= 4 is 43.5 Å². The highest BCUT2D eigenvalue weighted by molar-refractivity contribution is 9.11. The van der Waals surface area contributed by atoms with Gasteiger partial charge < -0.3 is 0 Å². The van der Waals surface area contributed by atoms with Gasteiger partial charge in [0.1, 0.15) is 0 Å². The van der Waals surface area contributed by atoms with Crippen molar-refractivity contribution in [2.45, 2.75) is 0 Å². The normalized spacial score (nSPS) is 10.0. The van der Waals surface area contributed by atoms with Gasteiger partial charge in [-0.2, -0.15) is 0 Å². The lowest BCUT2D eigenvalue weighted by Gasteiger charge is -2.17. The van der Waals surface area contributed by atoms with Crippen LogP contribution in [0.25, 0.3) is 0 Å². The van der Waals surface area contributed by atoms with E-state index in [4.69, 9.17) is 0 Å². The van der Waals surface area contributed by atoms with Crippen molar-refractivity contribution in [3.8, 4) is 0 Å². The third kappa shape index (κ3) is 2.41. The number of nitrogens with zero attached hydrogens (tertiary/aromatic N) is 1. The predicted molar refractivity (Wildman–Crippen MR) is 71.7 cm³/mol. The molecular formula is C12H9Br2N. The summed E-state index contributed by atoms with van der Waals surface area (Å²) in [5, 5.41) is 0. The Balaban J connectivity index is 2.37. The molecule has 0 unspecified atom stereocenters. The number of rotatable bonds is 2. The summed E-state index contributed by atoms with van der Waals surface area (Å²) in [6.45, 7) is 0. The maximum atomic E-state index is 3.55. The lowest BCUT2D eigenvalue weighted by Crippen LogP contribution is -2.00. The summed E-state index contributed by atoms with van der Waals surface area (Å²) in [5.41, 5.74) is 2.19. The number of para-hydroxylation sites is 2. The third-order valence-corrected chi connectivity index (χ3v) is 3.51. The average Bonchev–Trinajstić information content (AvgIpc) is 2.30. The lowest BCUT2D eigenvalue weighted by atomic mass is 10.3. The van der Waals surface area contributed by atoms with E-state index in [1.54, 1.807) is 0 Å². The van der Waals surface area contributed by atoms with Gasteiger partial charge in [0, 0.05) is 4.47 Å². The van der Waals surface area contributed by atoms with Crippen molar-refractivity contribution in [3.05, 3.63) is 59.1 Å². The Morgan fingerprint density at radius 1 is 0.800 bits per heavy atom. The molecule has 0 fully saturated rings. The van der Waals surface area contributed by atoms with Crippen LogP contribution in [0.1, 0.15) is 0 Å². The highest BCUT2D eigenvalue weighted by Gasteiger charge is 2.07. The molecule has 0 saturated carbocycles. The Kier molecular flexibility index (Phi) is 3.44. The van der Waals surface area contributed by atoms with E-state index in [9.17, 15) is 0 Å². The molecule has 76 valence electrons. The lowest BCUT2D eigenvalue weighted by molar-refractivity contribution is 1.43. The van der Waals surface area contributed by atoms with Gasteiger partial charge in [0.15, 0.2) is 0 Å². The Morgan fingerprint density at radius 2 is 1.40 bits per heavy atom. The van der Waals surface area contributed by atoms with E-state index in [2.05, 4.69) is 32.1 Å². The largest absolute Gasteiger partial charge is 0.276 e. The first-order chi connectivity index (χ1) is 7.29. The van der Waals surface area contributed by atoms with Crippen molar-refractivity contribution in [1.82, 2.24) is 0 Å². The van der Waals surface area contributed by atoms with E-state index in [1.807, 2.05) is 58.5 Å².